The number of halogens is 2. The molecule has 3 N–H and O–H groups in total. The molecule has 0 saturated carbocycles. The maximum absolute atomic E-state index is 11.8. The predicted molar refractivity (Wildman–Crippen MR) is 113 cm³/mol. The molecule has 0 saturated heterocycles. The van der Waals surface area contributed by atoms with Gasteiger partial charge in [-0.25, -0.2) is 0 Å². The van der Waals surface area contributed by atoms with Crippen LogP contribution in [0.5, 0.6) is 11.5 Å². The average molecular weight is 487 g/mol. The van der Waals surface area contributed by atoms with Crippen LogP contribution in [0.1, 0.15) is 5.56 Å². The zero-order valence-electron chi connectivity index (χ0n) is 14.8. The summed E-state index contributed by atoms with van der Waals surface area (Å²) in [7, 11) is 0. The molecule has 0 heterocycles. The average Bonchev–Trinajstić information content (AvgIpc) is 2.65. The summed E-state index contributed by atoms with van der Waals surface area (Å²) in [5, 5.41) is 2.87. The zero-order valence-corrected chi connectivity index (χ0v) is 17.9. The van der Waals surface area contributed by atoms with Gasteiger partial charge in [-0.3, -0.25) is 25.8 Å². The van der Waals surface area contributed by atoms with E-state index in [-0.39, 0.29) is 18.3 Å². The van der Waals surface area contributed by atoms with E-state index in [0.717, 1.165) is 10.0 Å². The monoisotopic (exact) mass is 485 g/mol. The van der Waals surface area contributed by atoms with Gasteiger partial charge in [-0.1, -0.05) is 27.5 Å². The number of amides is 2. The van der Waals surface area contributed by atoms with Crippen molar-refractivity contribution in [3.8, 4) is 11.5 Å². The van der Waals surface area contributed by atoms with Gasteiger partial charge in [-0.05, 0) is 67.2 Å². The predicted octanol–water partition coefficient (Wildman–Crippen LogP) is 2.89. The van der Waals surface area contributed by atoms with Crippen LogP contribution in [0.2, 0.25) is 5.02 Å². The molecule has 28 heavy (non-hydrogen) atoms. The molecule has 0 atom stereocenters. The van der Waals surface area contributed by atoms with E-state index in [1.165, 1.54) is 0 Å². The third-order valence-electron chi connectivity index (χ3n) is 3.25. The highest BCUT2D eigenvalue weighted by Gasteiger charge is 2.08. The van der Waals surface area contributed by atoms with Crippen molar-refractivity contribution in [3.05, 3.63) is 57.5 Å². The first-order chi connectivity index (χ1) is 13.3. The number of nitrogens with one attached hydrogen (secondary N) is 3. The van der Waals surface area contributed by atoms with E-state index < -0.39 is 11.8 Å². The number of aryl methyl sites for hydroxylation is 1. The first kappa shape index (κ1) is 21.9. The fourth-order valence-electron chi connectivity index (χ4n) is 1.95. The number of carbonyl (C=O) groups excluding carboxylic acids is 2. The second-order valence-corrected chi connectivity index (χ2v) is 7.25. The molecule has 0 bridgehead atoms. The van der Waals surface area contributed by atoms with Gasteiger partial charge < -0.3 is 9.47 Å². The molecule has 2 rings (SSSR count). The maximum Gasteiger partial charge on any atom is 0.276 e. The van der Waals surface area contributed by atoms with Crippen molar-refractivity contribution in [1.29, 1.82) is 0 Å². The molecule has 0 aliphatic carbocycles. The second-order valence-electron chi connectivity index (χ2n) is 5.49. The Bertz CT molecular complexity index is 864. The van der Waals surface area contributed by atoms with Gasteiger partial charge in [0, 0.05) is 9.50 Å². The van der Waals surface area contributed by atoms with Crippen LogP contribution in [0.15, 0.2) is 46.9 Å². The molecule has 0 radical (unpaired) electrons. The Morgan fingerprint density at radius 1 is 1.04 bits per heavy atom. The van der Waals surface area contributed by atoms with Crippen molar-refractivity contribution in [2.45, 2.75) is 6.92 Å². The number of carbonyl (C=O) groups is 2. The maximum atomic E-state index is 11.8. The lowest BCUT2D eigenvalue weighted by molar-refractivity contribution is -0.124. The van der Waals surface area contributed by atoms with E-state index >= 15 is 0 Å². The molecule has 0 unspecified atom stereocenters. The molecule has 0 aliphatic rings. The van der Waals surface area contributed by atoms with Crippen LogP contribution in [0.25, 0.3) is 0 Å². The molecule has 0 aliphatic heterocycles. The highest BCUT2D eigenvalue weighted by molar-refractivity contribution is 9.10. The van der Waals surface area contributed by atoms with E-state index in [9.17, 15) is 9.59 Å². The van der Waals surface area contributed by atoms with Gasteiger partial charge in [0.15, 0.2) is 18.3 Å². The van der Waals surface area contributed by atoms with Crippen molar-refractivity contribution >= 4 is 56.7 Å². The van der Waals surface area contributed by atoms with Gasteiger partial charge in [0.1, 0.15) is 11.5 Å². The van der Waals surface area contributed by atoms with Crippen molar-refractivity contribution in [2.24, 2.45) is 0 Å². The molecular weight excluding hydrogens is 470 g/mol. The molecule has 0 aromatic heterocycles. The van der Waals surface area contributed by atoms with Crippen LogP contribution in [0.3, 0.4) is 0 Å². The molecule has 2 aromatic rings. The number of rotatable bonds is 6. The van der Waals surface area contributed by atoms with Crippen molar-refractivity contribution in [3.63, 3.8) is 0 Å². The minimum Gasteiger partial charge on any atom is -0.484 e. The molecule has 148 valence electrons. The van der Waals surface area contributed by atoms with E-state index in [1.54, 1.807) is 30.3 Å². The highest BCUT2D eigenvalue weighted by Crippen LogP contribution is 2.21. The Morgan fingerprint density at radius 3 is 2.39 bits per heavy atom. The van der Waals surface area contributed by atoms with Crippen LogP contribution < -0.4 is 25.6 Å². The smallest absolute Gasteiger partial charge is 0.276 e. The topological polar surface area (TPSA) is 88.7 Å². The number of thiocarbonyl (C=S) groups is 1. The number of benzene rings is 2. The van der Waals surface area contributed by atoms with E-state index in [1.807, 2.05) is 19.1 Å². The highest BCUT2D eigenvalue weighted by atomic mass is 79.9. The van der Waals surface area contributed by atoms with E-state index in [4.69, 9.17) is 33.3 Å². The lowest BCUT2D eigenvalue weighted by Crippen LogP contribution is -2.50. The summed E-state index contributed by atoms with van der Waals surface area (Å²) in [6.07, 6.45) is 0. The largest absolute Gasteiger partial charge is 0.484 e. The first-order valence-corrected chi connectivity index (χ1v) is 9.57. The molecule has 7 nitrogen and oxygen atoms in total. The van der Waals surface area contributed by atoms with Gasteiger partial charge in [-0.2, -0.15) is 0 Å². The van der Waals surface area contributed by atoms with Crippen LogP contribution in [0.4, 0.5) is 0 Å². The zero-order chi connectivity index (χ0) is 20.5. The number of hydrazine groups is 1. The van der Waals surface area contributed by atoms with Gasteiger partial charge in [-0.15, -0.1) is 0 Å². The third-order valence-corrected chi connectivity index (χ3v) is 4.20. The van der Waals surface area contributed by atoms with Crippen LogP contribution in [-0.2, 0) is 9.59 Å². The summed E-state index contributed by atoms with van der Waals surface area (Å²) in [5.74, 6) is 0.139. The standard InChI is InChI=1S/C18H17BrClN3O4S/c1-11-8-12(19)2-7-15(11)27-10-17(25)22-23-18(28)21-16(24)9-26-14-5-3-13(20)4-6-14/h2-8H,9-10H2,1H3,(H,22,25)(H2,21,23,24,28). The molecule has 0 spiro atoms. The molecule has 2 amide bonds. The molecule has 10 heteroatoms. The lowest BCUT2D eigenvalue weighted by Gasteiger charge is -2.12. The van der Waals surface area contributed by atoms with Crippen molar-refractivity contribution in [2.75, 3.05) is 13.2 Å². The van der Waals surface area contributed by atoms with Gasteiger partial charge in [0.25, 0.3) is 11.8 Å². The third kappa shape index (κ3) is 7.71. The summed E-state index contributed by atoms with van der Waals surface area (Å²) in [5.41, 5.74) is 5.64. The van der Waals surface area contributed by atoms with Gasteiger partial charge in [0.05, 0.1) is 0 Å². The van der Waals surface area contributed by atoms with Crippen LogP contribution in [-0.4, -0.2) is 30.1 Å². The summed E-state index contributed by atoms with van der Waals surface area (Å²) in [6, 6.07) is 12.0. The minimum atomic E-state index is -0.483. The lowest BCUT2D eigenvalue weighted by atomic mass is 10.2. The van der Waals surface area contributed by atoms with Crippen molar-refractivity contribution in [1.82, 2.24) is 16.2 Å². The minimum absolute atomic E-state index is 0.0714. The Balaban J connectivity index is 1.66. The van der Waals surface area contributed by atoms with Gasteiger partial charge in [0.2, 0.25) is 0 Å². The SMILES string of the molecule is Cc1cc(Br)ccc1OCC(=O)NNC(=S)NC(=O)COc1ccc(Cl)cc1. The summed E-state index contributed by atoms with van der Waals surface area (Å²) in [6.45, 7) is 1.40. The molecule has 2 aromatic carbocycles. The van der Waals surface area contributed by atoms with E-state index in [0.29, 0.717) is 16.5 Å². The molecule has 0 fully saturated rings. The number of ether oxygens (including phenoxy) is 2. The Kier molecular flexibility index (Phi) is 8.49. The summed E-state index contributed by atoms with van der Waals surface area (Å²) < 4.78 is 11.6. The Morgan fingerprint density at radius 2 is 1.71 bits per heavy atom. The van der Waals surface area contributed by atoms with Crippen LogP contribution in [0, 0.1) is 6.92 Å². The summed E-state index contributed by atoms with van der Waals surface area (Å²) >= 11 is 14.1. The van der Waals surface area contributed by atoms with Crippen molar-refractivity contribution < 1.29 is 19.1 Å². The van der Waals surface area contributed by atoms with Gasteiger partial charge >= 0.3 is 0 Å². The Labute approximate surface area is 180 Å². The second kappa shape index (κ2) is 10.8. The Hall–Kier alpha value is -2.36. The fourth-order valence-corrected chi connectivity index (χ4v) is 2.72. The van der Waals surface area contributed by atoms with E-state index in [2.05, 4.69) is 32.1 Å². The normalized spacial score (nSPS) is 9.96. The molecular formula is C18H17BrClN3O4S. The fraction of sp³-hybridized carbons (Fsp3) is 0.167. The number of hydrogen-bond donors (Lipinski definition) is 3. The summed E-state index contributed by atoms with van der Waals surface area (Å²) in [4.78, 5) is 23.6. The quantitative estimate of drug-likeness (QED) is 0.430. The number of hydrogen-bond acceptors (Lipinski definition) is 5. The first-order valence-electron chi connectivity index (χ1n) is 7.99. The van der Waals surface area contributed by atoms with Crippen LogP contribution >= 0.6 is 39.7 Å².